The first-order chi connectivity index (χ1) is 11.8. The van der Waals surface area contributed by atoms with Crippen LogP contribution in [0.4, 0.5) is 5.69 Å². The molecule has 0 unspecified atom stereocenters. The molecule has 25 heavy (non-hydrogen) atoms. The predicted molar refractivity (Wildman–Crippen MR) is 93.0 cm³/mol. The zero-order chi connectivity index (χ0) is 18.4. The van der Waals surface area contributed by atoms with Crippen LogP contribution in [0.3, 0.4) is 0 Å². The molecule has 0 aromatic heterocycles. The number of aliphatic carboxylic acids is 1. The van der Waals surface area contributed by atoms with Crippen molar-refractivity contribution in [2.75, 3.05) is 13.1 Å². The Hall–Kier alpha value is -2.00. The Balaban J connectivity index is 2.07. The number of carbonyl (C=O) groups is 1. The van der Waals surface area contributed by atoms with Gasteiger partial charge >= 0.3 is 5.97 Å². The van der Waals surface area contributed by atoms with E-state index in [9.17, 15) is 13.2 Å². The van der Waals surface area contributed by atoms with Crippen molar-refractivity contribution in [3.8, 4) is 0 Å². The third kappa shape index (κ3) is 5.50. The number of nitrogens with zero attached hydrogens (tertiary/aromatic N) is 3. The van der Waals surface area contributed by atoms with E-state index >= 15 is 0 Å². The molecule has 9 heteroatoms. The average Bonchev–Trinajstić information content (AvgIpc) is 2.59. The summed E-state index contributed by atoms with van der Waals surface area (Å²) in [5.74, 6) is -1.57. The monoisotopic (exact) mass is 368 g/mol. The molecular formula is C16H24N4O4S. The second-order valence-corrected chi connectivity index (χ2v) is 8.09. The number of carboxylic acid groups (broad SMARTS) is 1. The highest BCUT2D eigenvalue weighted by Gasteiger charge is 2.27. The quantitative estimate of drug-likeness (QED) is 0.719. The Morgan fingerprint density at radius 3 is 2.28 bits per heavy atom. The van der Waals surface area contributed by atoms with Gasteiger partial charge in [0.25, 0.3) is 0 Å². The molecule has 0 aliphatic carbocycles. The second-order valence-electron chi connectivity index (χ2n) is 6.38. The summed E-state index contributed by atoms with van der Waals surface area (Å²) < 4.78 is 26.9. The molecular weight excluding hydrogens is 344 g/mol. The molecule has 1 aromatic carbocycles. The minimum Gasteiger partial charge on any atom is -0.480 e. The summed E-state index contributed by atoms with van der Waals surface area (Å²) in [5.41, 5.74) is 0.545. The summed E-state index contributed by atoms with van der Waals surface area (Å²) in [5, 5.41) is 19.3. The Bertz CT molecular complexity index is 710. The number of hydrogen-bond acceptors (Lipinski definition) is 5. The van der Waals surface area contributed by atoms with Crippen molar-refractivity contribution in [1.82, 2.24) is 9.73 Å². The molecule has 1 saturated heterocycles. The highest BCUT2D eigenvalue weighted by molar-refractivity contribution is 7.89. The molecule has 1 aliphatic heterocycles. The van der Waals surface area contributed by atoms with Crippen molar-refractivity contribution in [2.45, 2.75) is 44.0 Å². The number of hydrogen-bond donors (Lipinski definition) is 2. The van der Waals surface area contributed by atoms with E-state index in [0.29, 0.717) is 5.69 Å². The molecule has 1 heterocycles. The summed E-state index contributed by atoms with van der Waals surface area (Å²) in [6, 6.07) is 4.71. The number of benzene rings is 1. The van der Waals surface area contributed by atoms with Crippen LogP contribution in [0, 0.1) is 5.92 Å². The average molecular weight is 368 g/mol. The highest BCUT2D eigenvalue weighted by Crippen LogP contribution is 2.19. The molecule has 1 aromatic rings. The smallest absolute Gasteiger partial charge is 0.322 e. The molecule has 1 aliphatic rings. The number of nitrogens with one attached hydrogen (secondary N) is 1. The van der Waals surface area contributed by atoms with E-state index in [-0.39, 0.29) is 10.8 Å². The van der Waals surface area contributed by atoms with Gasteiger partial charge in [0.1, 0.15) is 6.04 Å². The normalized spacial score (nSPS) is 17.2. The van der Waals surface area contributed by atoms with Gasteiger partial charge < -0.3 is 5.11 Å². The van der Waals surface area contributed by atoms with Gasteiger partial charge in [0.2, 0.25) is 10.0 Å². The third-order valence-corrected chi connectivity index (χ3v) is 5.44. The summed E-state index contributed by atoms with van der Waals surface area (Å²) >= 11 is 0. The Kier molecular flexibility index (Phi) is 6.49. The van der Waals surface area contributed by atoms with E-state index in [2.05, 4.69) is 15.1 Å². The standard InChI is InChI=1S/C16H24N4O4S/c1-12(2)15(16(21)22)18-25(23,24)14-8-6-13(7-9-14)17-19-20-10-4-3-5-11-20/h6-9,12,15,18H,3-5,10-11H2,1-2H3,(H,21,22)/t15-/m0/s1. The lowest BCUT2D eigenvalue weighted by molar-refractivity contribution is -0.140. The topological polar surface area (TPSA) is 111 Å². The van der Waals surface area contributed by atoms with Crippen LogP contribution < -0.4 is 4.72 Å². The summed E-state index contributed by atoms with van der Waals surface area (Å²) in [6.45, 7) is 5.05. The van der Waals surface area contributed by atoms with Crippen LogP contribution in [0.5, 0.6) is 0 Å². The van der Waals surface area contributed by atoms with Gasteiger partial charge in [-0.25, -0.2) is 8.42 Å². The van der Waals surface area contributed by atoms with E-state index in [0.717, 1.165) is 25.9 Å². The Morgan fingerprint density at radius 2 is 1.76 bits per heavy atom. The summed E-state index contributed by atoms with van der Waals surface area (Å²) in [7, 11) is -3.92. The fraction of sp³-hybridized carbons (Fsp3) is 0.562. The summed E-state index contributed by atoms with van der Waals surface area (Å²) in [4.78, 5) is 11.2. The van der Waals surface area contributed by atoms with Gasteiger partial charge in [-0.15, -0.1) is 5.11 Å². The molecule has 1 fully saturated rings. The van der Waals surface area contributed by atoms with Crippen LogP contribution in [-0.4, -0.2) is 43.6 Å². The van der Waals surface area contributed by atoms with Gasteiger partial charge in [-0.1, -0.05) is 19.1 Å². The number of rotatable bonds is 7. The molecule has 2 rings (SSSR count). The first kappa shape index (κ1) is 19.3. The molecule has 0 radical (unpaired) electrons. The van der Waals surface area contributed by atoms with Crippen LogP contribution in [0.1, 0.15) is 33.1 Å². The molecule has 0 saturated carbocycles. The molecule has 0 spiro atoms. The zero-order valence-electron chi connectivity index (χ0n) is 14.4. The van der Waals surface area contributed by atoms with E-state index in [1.165, 1.54) is 18.6 Å². The zero-order valence-corrected chi connectivity index (χ0v) is 15.2. The number of carboxylic acids is 1. The minimum atomic E-state index is -3.92. The van der Waals surface area contributed by atoms with E-state index < -0.39 is 22.0 Å². The van der Waals surface area contributed by atoms with Gasteiger partial charge in [0.05, 0.1) is 10.6 Å². The summed E-state index contributed by atoms with van der Waals surface area (Å²) in [6.07, 6.45) is 3.41. The largest absolute Gasteiger partial charge is 0.480 e. The Labute approximate surface area is 148 Å². The van der Waals surface area contributed by atoms with Crippen molar-refractivity contribution in [3.05, 3.63) is 24.3 Å². The lowest BCUT2D eigenvalue weighted by atomic mass is 10.1. The maximum Gasteiger partial charge on any atom is 0.322 e. The molecule has 2 N–H and O–H groups in total. The lowest BCUT2D eigenvalue weighted by Gasteiger charge is -2.21. The molecule has 0 amide bonds. The van der Waals surface area contributed by atoms with E-state index in [1.807, 2.05) is 5.01 Å². The predicted octanol–water partition coefficient (Wildman–Crippen LogP) is 2.56. The van der Waals surface area contributed by atoms with Crippen LogP contribution >= 0.6 is 0 Å². The van der Waals surface area contributed by atoms with Crippen molar-refractivity contribution in [3.63, 3.8) is 0 Å². The Morgan fingerprint density at radius 1 is 1.16 bits per heavy atom. The lowest BCUT2D eigenvalue weighted by Crippen LogP contribution is -2.44. The van der Waals surface area contributed by atoms with Crippen LogP contribution in [0.15, 0.2) is 39.5 Å². The maximum absolute atomic E-state index is 12.3. The van der Waals surface area contributed by atoms with Crippen molar-refractivity contribution in [2.24, 2.45) is 16.3 Å². The van der Waals surface area contributed by atoms with Gasteiger partial charge in [0.15, 0.2) is 0 Å². The van der Waals surface area contributed by atoms with Gasteiger partial charge in [-0.3, -0.25) is 9.80 Å². The maximum atomic E-state index is 12.3. The van der Waals surface area contributed by atoms with Crippen molar-refractivity contribution in [1.29, 1.82) is 0 Å². The SMILES string of the molecule is CC(C)[C@H](NS(=O)(=O)c1ccc(N=NN2CCCCC2)cc1)C(=O)O. The van der Waals surface area contributed by atoms with Gasteiger partial charge in [0, 0.05) is 13.1 Å². The van der Waals surface area contributed by atoms with E-state index in [1.54, 1.807) is 26.0 Å². The first-order valence-corrected chi connectivity index (χ1v) is 9.80. The number of piperidine rings is 1. The van der Waals surface area contributed by atoms with Crippen LogP contribution in [-0.2, 0) is 14.8 Å². The van der Waals surface area contributed by atoms with Crippen molar-refractivity contribution < 1.29 is 18.3 Å². The molecule has 1 atom stereocenters. The van der Waals surface area contributed by atoms with Gasteiger partial charge in [-0.2, -0.15) is 4.72 Å². The second kappa shape index (κ2) is 8.39. The highest BCUT2D eigenvalue weighted by atomic mass is 32.2. The fourth-order valence-corrected chi connectivity index (χ4v) is 3.82. The van der Waals surface area contributed by atoms with Crippen LogP contribution in [0.25, 0.3) is 0 Å². The van der Waals surface area contributed by atoms with E-state index in [4.69, 9.17) is 5.11 Å². The minimum absolute atomic E-state index is 0.00341. The molecule has 138 valence electrons. The molecule has 0 bridgehead atoms. The van der Waals surface area contributed by atoms with Crippen LogP contribution in [0.2, 0.25) is 0 Å². The molecule has 8 nitrogen and oxygen atoms in total. The van der Waals surface area contributed by atoms with Crippen molar-refractivity contribution >= 4 is 21.7 Å². The number of sulfonamides is 1. The first-order valence-electron chi connectivity index (χ1n) is 8.31. The fourth-order valence-electron chi connectivity index (χ4n) is 2.48. The van der Waals surface area contributed by atoms with Gasteiger partial charge in [-0.05, 0) is 49.4 Å². The third-order valence-electron chi connectivity index (χ3n) is 3.98.